The highest BCUT2D eigenvalue weighted by Crippen LogP contribution is 2.14. The molecule has 1 aliphatic rings. The van der Waals surface area contributed by atoms with E-state index in [9.17, 15) is 4.79 Å². The van der Waals surface area contributed by atoms with Crippen molar-refractivity contribution in [2.75, 3.05) is 7.11 Å². The fourth-order valence-electron chi connectivity index (χ4n) is 2.05. The molecule has 2 aromatic rings. The van der Waals surface area contributed by atoms with Crippen molar-refractivity contribution in [2.45, 2.75) is 6.17 Å². The van der Waals surface area contributed by atoms with Crippen LogP contribution in [-0.2, 0) is 0 Å². The van der Waals surface area contributed by atoms with E-state index in [-0.39, 0.29) is 16.8 Å². The third kappa shape index (κ3) is 2.51. The van der Waals surface area contributed by atoms with Gasteiger partial charge in [0, 0.05) is 12.1 Å². The lowest BCUT2D eigenvalue weighted by molar-refractivity contribution is -0.678. The molecule has 0 spiro atoms. The average molecular weight is 321 g/mol. The van der Waals surface area contributed by atoms with Crippen LogP contribution in [0.1, 0.15) is 11.9 Å². The van der Waals surface area contributed by atoms with Gasteiger partial charge in [0.1, 0.15) is 5.75 Å². The van der Waals surface area contributed by atoms with E-state index in [1.165, 1.54) is 4.68 Å². The molecule has 9 nitrogen and oxygen atoms in total. The van der Waals surface area contributed by atoms with Gasteiger partial charge in [-0.15, -0.1) is 0 Å². The van der Waals surface area contributed by atoms with Crippen LogP contribution in [0.2, 0.25) is 0 Å². The van der Waals surface area contributed by atoms with Gasteiger partial charge in [-0.2, -0.15) is 0 Å². The summed E-state index contributed by atoms with van der Waals surface area (Å²) in [4.78, 5) is 16.1. The van der Waals surface area contributed by atoms with Gasteiger partial charge in [-0.1, -0.05) is 0 Å². The van der Waals surface area contributed by atoms with E-state index in [0.29, 0.717) is 11.4 Å². The summed E-state index contributed by atoms with van der Waals surface area (Å²) in [6, 6.07) is 7.05. The number of aromatic nitrogens is 2. The van der Waals surface area contributed by atoms with Crippen LogP contribution >= 0.6 is 12.2 Å². The number of aromatic amines is 1. The molecule has 0 fully saturated rings. The van der Waals surface area contributed by atoms with Gasteiger partial charge in [0.15, 0.2) is 11.1 Å². The maximum atomic E-state index is 12.0. The van der Waals surface area contributed by atoms with Crippen molar-refractivity contribution in [3.05, 3.63) is 40.4 Å². The molecule has 10 heteroatoms. The van der Waals surface area contributed by atoms with Gasteiger partial charge in [-0.3, -0.25) is 4.52 Å². The van der Waals surface area contributed by atoms with Crippen LogP contribution in [0.25, 0.3) is 5.69 Å². The van der Waals surface area contributed by atoms with Gasteiger partial charge >= 0.3 is 11.3 Å². The number of hydrogen-bond donors (Lipinski definition) is 4. The van der Waals surface area contributed by atoms with Crippen molar-refractivity contribution in [3.8, 4) is 11.4 Å². The Morgan fingerprint density at radius 1 is 1.41 bits per heavy atom. The Bertz CT molecular complexity index is 794. The van der Waals surface area contributed by atoms with Crippen LogP contribution in [0.5, 0.6) is 5.75 Å². The molecule has 0 radical (unpaired) electrons. The van der Waals surface area contributed by atoms with Crippen molar-refractivity contribution in [1.29, 1.82) is 0 Å². The zero-order chi connectivity index (χ0) is 15.7. The second-order valence-corrected chi connectivity index (χ2v) is 4.82. The molecule has 1 atom stereocenters. The lowest BCUT2D eigenvalue weighted by atomic mass is 10.2. The van der Waals surface area contributed by atoms with E-state index in [1.54, 1.807) is 31.4 Å². The highest BCUT2D eigenvalue weighted by Gasteiger charge is 2.34. The second-order valence-electron chi connectivity index (χ2n) is 4.41. The Morgan fingerprint density at radius 3 is 2.77 bits per heavy atom. The van der Waals surface area contributed by atoms with Crippen molar-refractivity contribution in [2.24, 2.45) is 10.7 Å². The summed E-state index contributed by atoms with van der Waals surface area (Å²) in [5.41, 5.74) is 5.95. The molecule has 0 aliphatic carbocycles. The molecule has 0 saturated carbocycles. The zero-order valence-electron chi connectivity index (χ0n) is 11.5. The van der Waals surface area contributed by atoms with Gasteiger partial charge < -0.3 is 21.1 Å². The largest absolute Gasteiger partial charge is 0.497 e. The number of nitrogens with zero attached hydrogens (tertiary/aromatic N) is 2. The minimum Gasteiger partial charge on any atom is -0.497 e. The molecule has 114 valence electrons. The molecule has 5 N–H and O–H groups in total. The van der Waals surface area contributed by atoms with E-state index < -0.39 is 11.8 Å². The number of guanidine groups is 1. The molecule has 22 heavy (non-hydrogen) atoms. The van der Waals surface area contributed by atoms with Crippen LogP contribution in [-0.4, -0.2) is 23.5 Å². The van der Waals surface area contributed by atoms with Crippen LogP contribution in [0.4, 0.5) is 0 Å². The predicted molar refractivity (Wildman–Crippen MR) is 80.6 cm³/mol. The number of nitrogens with two attached hydrogens (primary N) is 1. The van der Waals surface area contributed by atoms with Gasteiger partial charge in [0.05, 0.1) is 7.11 Å². The predicted octanol–water partition coefficient (Wildman–Crippen LogP) is -0.956. The summed E-state index contributed by atoms with van der Waals surface area (Å²) in [6.07, 6.45) is -0.752. The number of methoxy groups -OCH3 is 1. The lowest BCUT2D eigenvalue weighted by Crippen LogP contribution is -2.52. The summed E-state index contributed by atoms with van der Waals surface area (Å²) in [6.45, 7) is 0. The first kappa shape index (κ1) is 14.1. The Kier molecular flexibility index (Phi) is 3.51. The molecular weight excluding hydrogens is 308 g/mol. The van der Waals surface area contributed by atoms with Crippen molar-refractivity contribution < 1.29 is 13.9 Å². The molecule has 0 bridgehead atoms. The second kappa shape index (κ2) is 5.48. The first-order chi connectivity index (χ1) is 10.6. The number of ether oxygens (including phenoxy) is 1. The fraction of sp³-hybridized carbons (Fsp3) is 0.167. The monoisotopic (exact) mass is 321 g/mol. The van der Waals surface area contributed by atoms with Crippen molar-refractivity contribution in [1.82, 2.24) is 15.9 Å². The van der Waals surface area contributed by atoms with Gasteiger partial charge in [0.2, 0.25) is 11.9 Å². The number of thiocarbonyl (C=S) groups is 1. The van der Waals surface area contributed by atoms with E-state index in [2.05, 4.69) is 20.9 Å². The first-order valence-corrected chi connectivity index (χ1v) is 6.68. The summed E-state index contributed by atoms with van der Waals surface area (Å²) in [7, 11) is 1.57. The number of nitrogens with one attached hydrogen (secondary N) is 3. The summed E-state index contributed by atoms with van der Waals surface area (Å²) in [5.74, 6) is 0.816. The minimum atomic E-state index is -0.752. The SMILES string of the molecule is COc1ccc(-[n+]2[nH]oc(=O)c2C2N=C(N)NC(=S)N2)cc1. The minimum absolute atomic E-state index is 0.121. The van der Waals surface area contributed by atoms with E-state index in [0.717, 1.165) is 0 Å². The van der Waals surface area contributed by atoms with Gasteiger partial charge in [0.25, 0.3) is 0 Å². The average Bonchev–Trinajstić information content (AvgIpc) is 2.88. The normalized spacial score (nSPS) is 17.4. The Labute approximate surface area is 129 Å². The summed E-state index contributed by atoms with van der Waals surface area (Å²) in [5, 5.41) is 8.30. The third-order valence-electron chi connectivity index (χ3n) is 3.05. The first-order valence-electron chi connectivity index (χ1n) is 6.27. The Balaban J connectivity index is 2.05. The summed E-state index contributed by atoms with van der Waals surface area (Å²) >= 11 is 5.02. The molecule has 3 rings (SSSR count). The van der Waals surface area contributed by atoms with E-state index in [4.69, 9.17) is 27.2 Å². The van der Waals surface area contributed by atoms with Crippen LogP contribution in [0.3, 0.4) is 0 Å². The molecule has 2 heterocycles. The number of hydrogen-bond acceptors (Lipinski definition) is 6. The molecular formula is C12H13N6O3S+. The topological polar surface area (TPSA) is 122 Å². The Hall–Kier alpha value is -2.88. The fourth-order valence-corrected chi connectivity index (χ4v) is 2.26. The van der Waals surface area contributed by atoms with Crippen LogP contribution in [0.15, 0.2) is 38.6 Å². The number of aliphatic imine (C=N–C) groups is 1. The highest BCUT2D eigenvalue weighted by molar-refractivity contribution is 7.80. The number of rotatable bonds is 3. The molecule has 0 amide bonds. The smallest absolute Gasteiger partial charge is 0.434 e. The quantitative estimate of drug-likeness (QED) is 0.424. The van der Waals surface area contributed by atoms with Crippen molar-refractivity contribution >= 4 is 23.3 Å². The molecule has 1 unspecified atom stereocenters. The summed E-state index contributed by atoms with van der Waals surface area (Å²) < 4.78 is 11.4. The molecule has 1 aliphatic heterocycles. The molecule has 1 aromatic carbocycles. The van der Waals surface area contributed by atoms with Gasteiger partial charge in [-0.05, 0) is 34.3 Å². The molecule has 1 aromatic heterocycles. The van der Waals surface area contributed by atoms with Crippen molar-refractivity contribution in [3.63, 3.8) is 0 Å². The standard InChI is InChI=1S/C12H12N6O3S/c1-20-7-4-2-6(3-5-7)18-8(10(19)21-17-18)9-14-11(13)16-12(22)15-9/h2-5,9H,1H3,(H4-,13,14,15,16,17,19,22)/p+1. The van der Waals surface area contributed by atoms with E-state index >= 15 is 0 Å². The van der Waals surface area contributed by atoms with Gasteiger partial charge in [-0.25, -0.2) is 9.79 Å². The maximum Gasteiger partial charge on any atom is 0.434 e. The highest BCUT2D eigenvalue weighted by atomic mass is 32.1. The van der Waals surface area contributed by atoms with Crippen LogP contribution < -0.4 is 31.4 Å². The third-order valence-corrected chi connectivity index (χ3v) is 3.27. The van der Waals surface area contributed by atoms with E-state index in [1.807, 2.05) is 0 Å². The molecule has 0 saturated heterocycles. The maximum absolute atomic E-state index is 12.0. The zero-order valence-corrected chi connectivity index (χ0v) is 12.3. The lowest BCUT2D eigenvalue weighted by Gasteiger charge is -2.19. The Morgan fingerprint density at radius 2 is 2.14 bits per heavy atom. The number of benzene rings is 1. The van der Waals surface area contributed by atoms with Crippen LogP contribution in [0, 0.1) is 0 Å². The number of H-pyrrole nitrogens is 1.